The van der Waals surface area contributed by atoms with Gasteiger partial charge in [0.2, 0.25) is 0 Å². The van der Waals surface area contributed by atoms with Gasteiger partial charge in [0, 0.05) is 6.04 Å². The fraction of sp³-hybridized carbons (Fsp3) is 0.727. The number of nitrogens with zero attached hydrogens (tertiary/aromatic N) is 2. The number of hydrogen-bond acceptors (Lipinski definition) is 2. The molecule has 2 rings (SSSR count). The van der Waals surface area contributed by atoms with E-state index < -0.39 is 12.2 Å². The van der Waals surface area contributed by atoms with Crippen molar-refractivity contribution in [3.05, 3.63) is 10.2 Å². The van der Waals surface area contributed by atoms with Crippen molar-refractivity contribution in [1.29, 1.82) is 0 Å². The summed E-state index contributed by atoms with van der Waals surface area (Å²) in [7, 11) is 0. The van der Waals surface area contributed by atoms with Gasteiger partial charge in [-0.2, -0.15) is 18.3 Å². The van der Waals surface area contributed by atoms with Crippen molar-refractivity contribution in [2.24, 2.45) is 0 Å². The second-order valence-corrected chi connectivity index (χ2v) is 5.78. The third-order valence-corrected chi connectivity index (χ3v) is 3.84. The van der Waals surface area contributed by atoms with Gasteiger partial charge in [-0.25, -0.2) is 4.68 Å². The predicted molar refractivity (Wildman–Crippen MR) is 66.8 cm³/mol. The Morgan fingerprint density at radius 2 is 2.06 bits per heavy atom. The number of hydrogen-bond donors (Lipinski definition) is 1. The van der Waals surface area contributed by atoms with E-state index in [9.17, 15) is 13.2 Å². The van der Waals surface area contributed by atoms with Crippen LogP contribution in [0.4, 0.5) is 19.0 Å². The van der Waals surface area contributed by atoms with Gasteiger partial charge in [0.25, 0.3) is 0 Å². The summed E-state index contributed by atoms with van der Waals surface area (Å²) < 4.78 is 40.8. The van der Waals surface area contributed by atoms with Crippen LogP contribution in [0.1, 0.15) is 44.8 Å². The van der Waals surface area contributed by atoms with Gasteiger partial charge < -0.3 is 5.32 Å². The fourth-order valence-corrected chi connectivity index (χ4v) is 2.99. The Balaban J connectivity index is 2.52. The van der Waals surface area contributed by atoms with Gasteiger partial charge in [0.05, 0.1) is 10.2 Å². The Kier molecular flexibility index (Phi) is 3.38. The second-order valence-electron chi connectivity index (χ2n) is 4.99. The van der Waals surface area contributed by atoms with E-state index in [0.29, 0.717) is 16.0 Å². The maximum atomic E-state index is 13.0. The molecule has 2 heterocycles. The standard InChI is InChI=1S/C11H15BrF3N3/c1-5(2)9-8(12)10-16-6(3)4-7(11(13,14)15)18(10)17-9/h5-7,16H,4H2,1-3H3. The third kappa shape index (κ3) is 2.24. The molecule has 1 aromatic heterocycles. The molecule has 1 N–H and O–H groups in total. The minimum atomic E-state index is -4.27. The number of fused-ring (bicyclic) bond motifs is 1. The predicted octanol–water partition coefficient (Wildman–Crippen LogP) is 4.08. The van der Waals surface area contributed by atoms with Crippen LogP contribution >= 0.6 is 15.9 Å². The first-order valence-corrected chi connectivity index (χ1v) is 6.62. The van der Waals surface area contributed by atoms with Gasteiger partial charge in [0.15, 0.2) is 6.04 Å². The highest BCUT2D eigenvalue weighted by Gasteiger charge is 2.46. The van der Waals surface area contributed by atoms with Crippen molar-refractivity contribution in [2.75, 3.05) is 5.32 Å². The van der Waals surface area contributed by atoms with Crippen molar-refractivity contribution in [1.82, 2.24) is 9.78 Å². The topological polar surface area (TPSA) is 29.9 Å². The zero-order chi connectivity index (χ0) is 13.7. The molecule has 0 saturated carbocycles. The summed E-state index contributed by atoms with van der Waals surface area (Å²) in [5.74, 6) is 0.503. The smallest absolute Gasteiger partial charge is 0.367 e. The monoisotopic (exact) mass is 325 g/mol. The molecule has 0 amide bonds. The lowest BCUT2D eigenvalue weighted by Crippen LogP contribution is -2.38. The third-order valence-electron chi connectivity index (χ3n) is 3.06. The molecule has 0 aliphatic carbocycles. The van der Waals surface area contributed by atoms with E-state index in [1.807, 2.05) is 13.8 Å². The van der Waals surface area contributed by atoms with Gasteiger partial charge in [-0.05, 0) is 35.2 Å². The highest BCUT2D eigenvalue weighted by Crippen LogP contribution is 2.43. The van der Waals surface area contributed by atoms with Crippen LogP contribution in [0.25, 0.3) is 0 Å². The highest BCUT2D eigenvalue weighted by molar-refractivity contribution is 9.10. The molecule has 3 nitrogen and oxygen atoms in total. The number of alkyl halides is 3. The van der Waals surface area contributed by atoms with E-state index in [1.54, 1.807) is 6.92 Å². The van der Waals surface area contributed by atoms with Gasteiger partial charge in [-0.3, -0.25) is 0 Å². The van der Waals surface area contributed by atoms with Crippen LogP contribution < -0.4 is 5.32 Å². The van der Waals surface area contributed by atoms with Gasteiger partial charge in [0.1, 0.15) is 5.82 Å². The maximum Gasteiger partial charge on any atom is 0.410 e. The van der Waals surface area contributed by atoms with Gasteiger partial charge >= 0.3 is 6.18 Å². The number of anilines is 1. The Morgan fingerprint density at radius 3 is 2.56 bits per heavy atom. The molecule has 0 bridgehead atoms. The van der Waals surface area contributed by atoms with E-state index in [0.717, 1.165) is 4.68 Å². The molecule has 0 fully saturated rings. The van der Waals surface area contributed by atoms with Crippen LogP contribution in [-0.4, -0.2) is 22.0 Å². The summed E-state index contributed by atoms with van der Waals surface area (Å²) in [5.41, 5.74) is 0.654. The number of aromatic nitrogens is 2. The van der Waals surface area contributed by atoms with Crippen molar-refractivity contribution in [3.63, 3.8) is 0 Å². The SMILES string of the molecule is CC1CC(C(F)(F)F)n2nc(C(C)C)c(Br)c2N1. The number of nitrogens with one attached hydrogen (secondary N) is 1. The van der Waals surface area contributed by atoms with Crippen LogP contribution in [0.3, 0.4) is 0 Å². The van der Waals surface area contributed by atoms with Gasteiger partial charge in [-0.1, -0.05) is 13.8 Å². The van der Waals surface area contributed by atoms with Crippen LogP contribution in [0, 0.1) is 0 Å². The van der Waals surface area contributed by atoms with Crippen LogP contribution in [0.2, 0.25) is 0 Å². The quantitative estimate of drug-likeness (QED) is 0.843. The molecule has 2 unspecified atom stereocenters. The average Bonchev–Trinajstić information content (AvgIpc) is 2.54. The normalized spacial score (nSPS) is 24.0. The van der Waals surface area contributed by atoms with E-state index in [1.165, 1.54) is 0 Å². The van der Waals surface area contributed by atoms with Crippen LogP contribution in [0.15, 0.2) is 4.47 Å². The number of halogens is 4. The first-order valence-electron chi connectivity index (χ1n) is 5.83. The Hall–Kier alpha value is -0.720. The van der Waals surface area contributed by atoms with Crippen molar-refractivity contribution >= 4 is 21.7 Å². The van der Waals surface area contributed by atoms with E-state index >= 15 is 0 Å². The molecule has 1 aliphatic heterocycles. The maximum absolute atomic E-state index is 13.0. The summed E-state index contributed by atoms with van der Waals surface area (Å²) >= 11 is 3.35. The molecular weight excluding hydrogens is 311 g/mol. The molecule has 2 atom stereocenters. The molecule has 7 heteroatoms. The second kappa shape index (κ2) is 4.43. The molecule has 102 valence electrons. The van der Waals surface area contributed by atoms with E-state index in [-0.39, 0.29) is 18.4 Å². The van der Waals surface area contributed by atoms with Crippen molar-refractivity contribution in [2.45, 2.75) is 51.4 Å². The summed E-state index contributed by atoms with van der Waals surface area (Å²) in [4.78, 5) is 0. The Morgan fingerprint density at radius 1 is 1.44 bits per heavy atom. The van der Waals surface area contributed by atoms with E-state index in [2.05, 4.69) is 26.3 Å². The first-order chi connectivity index (χ1) is 8.21. The Labute approximate surface area is 112 Å². The molecule has 1 aromatic rings. The fourth-order valence-electron chi connectivity index (χ4n) is 2.16. The average molecular weight is 326 g/mol. The molecule has 18 heavy (non-hydrogen) atoms. The van der Waals surface area contributed by atoms with Crippen LogP contribution in [0.5, 0.6) is 0 Å². The zero-order valence-corrected chi connectivity index (χ0v) is 11.9. The highest BCUT2D eigenvalue weighted by atomic mass is 79.9. The largest absolute Gasteiger partial charge is 0.410 e. The molecule has 0 saturated heterocycles. The summed E-state index contributed by atoms with van der Waals surface area (Å²) in [6.07, 6.45) is -4.27. The molecule has 1 aliphatic rings. The first kappa shape index (κ1) is 13.7. The molecular formula is C11H15BrF3N3. The minimum absolute atomic E-state index is 0.00214. The summed E-state index contributed by atoms with van der Waals surface area (Å²) in [6.45, 7) is 5.56. The summed E-state index contributed by atoms with van der Waals surface area (Å²) in [6, 6.07) is -1.77. The zero-order valence-electron chi connectivity index (χ0n) is 10.3. The van der Waals surface area contributed by atoms with Crippen molar-refractivity contribution < 1.29 is 13.2 Å². The lowest BCUT2D eigenvalue weighted by atomic mass is 10.1. The number of rotatable bonds is 1. The van der Waals surface area contributed by atoms with Crippen LogP contribution in [-0.2, 0) is 0 Å². The minimum Gasteiger partial charge on any atom is -0.367 e. The molecule has 0 aromatic carbocycles. The lowest BCUT2D eigenvalue weighted by molar-refractivity contribution is -0.173. The van der Waals surface area contributed by atoms with Gasteiger partial charge in [-0.15, -0.1) is 0 Å². The molecule has 0 radical (unpaired) electrons. The van der Waals surface area contributed by atoms with Crippen molar-refractivity contribution in [3.8, 4) is 0 Å². The lowest BCUT2D eigenvalue weighted by Gasteiger charge is -2.31. The van der Waals surface area contributed by atoms with E-state index in [4.69, 9.17) is 0 Å². The molecule has 0 spiro atoms. The Bertz CT molecular complexity index is 453. The summed E-state index contributed by atoms with van der Waals surface area (Å²) in [5, 5.41) is 7.18.